The molecule has 210 valence electrons. The minimum Gasteiger partial charge on any atom is -0.487 e. The molecule has 1 amide bonds. The second kappa shape index (κ2) is 12.8. The number of aromatic nitrogens is 2. The van der Waals surface area contributed by atoms with Crippen molar-refractivity contribution < 1.29 is 14.3 Å². The summed E-state index contributed by atoms with van der Waals surface area (Å²) < 4.78 is 11.9. The molecule has 4 aromatic rings. The highest BCUT2D eigenvalue weighted by atomic mass is 16.5. The summed E-state index contributed by atoms with van der Waals surface area (Å²) in [6.07, 6.45) is 3.64. The highest BCUT2D eigenvalue weighted by molar-refractivity contribution is 5.95. The maximum atomic E-state index is 12.4. The number of nitrogens with one attached hydrogen (secondary N) is 3. The van der Waals surface area contributed by atoms with Gasteiger partial charge in [0, 0.05) is 42.3 Å². The molecule has 6 rings (SSSR count). The number of benzene rings is 3. The van der Waals surface area contributed by atoms with E-state index in [9.17, 15) is 4.79 Å². The Morgan fingerprint density at radius 3 is 2.59 bits per heavy atom. The van der Waals surface area contributed by atoms with Gasteiger partial charge in [-0.25, -0.2) is 9.97 Å². The summed E-state index contributed by atoms with van der Waals surface area (Å²) in [6, 6.07) is 25.7. The molecule has 3 N–H and O–H groups in total. The van der Waals surface area contributed by atoms with Crippen molar-refractivity contribution in [3.63, 3.8) is 0 Å². The van der Waals surface area contributed by atoms with E-state index in [-0.39, 0.29) is 11.9 Å². The minimum absolute atomic E-state index is 0.00975. The van der Waals surface area contributed by atoms with Crippen molar-refractivity contribution in [2.75, 3.05) is 48.4 Å². The van der Waals surface area contributed by atoms with Gasteiger partial charge in [-0.2, -0.15) is 0 Å². The number of hydrogen-bond acceptors (Lipinski definition) is 8. The zero-order valence-electron chi connectivity index (χ0n) is 22.9. The number of carbonyl (C=O) groups excluding carboxylic acids is 1. The molecule has 0 aliphatic carbocycles. The first kappa shape index (κ1) is 26.7. The standard InChI is InChI=1S/C32H34N6O3/c39-31(28-7-4-15-33-28)35-25-10-8-24(9-11-25)27-14-16-34-32(37-27)36-26-12-13-29(38-17-19-40-20-18-38)30(21-26)41-22-23-5-2-1-3-6-23/h1-3,5-6,8-14,16,21,28,33H,4,7,15,17-20,22H2,(H,35,39)(H,34,36,37). The van der Waals surface area contributed by atoms with Crippen LogP contribution in [0.1, 0.15) is 18.4 Å². The average molecular weight is 551 g/mol. The first-order valence-corrected chi connectivity index (χ1v) is 14.1. The number of nitrogens with zero attached hydrogens (tertiary/aromatic N) is 3. The topological polar surface area (TPSA) is 101 Å². The average Bonchev–Trinajstić information content (AvgIpc) is 3.57. The third-order valence-electron chi connectivity index (χ3n) is 7.29. The molecule has 0 radical (unpaired) electrons. The van der Waals surface area contributed by atoms with Gasteiger partial charge in [-0.05, 0) is 55.3 Å². The van der Waals surface area contributed by atoms with Crippen LogP contribution in [-0.2, 0) is 16.1 Å². The predicted octanol–water partition coefficient (Wildman–Crippen LogP) is 4.99. The monoisotopic (exact) mass is 550 g/mol. The van der Waals surface area contributed by atoms with Crippen LogP contribution < -0.4 is 25.6 Å². The minimum atomic E-state index is -0.114. The molecular formula is C32H34N6O3. The van der Waals surface area contributed by atoms with E-state index in [1.54, 1.807) is 6.20 Å². The number of rotatable bonds is 9. The maximum Gasteiger partial charge on any atom is 0.241 e. The van der Waals surface area contributed by atoms with E-state index in [1.165, 1.54) is 0 Å². The normalized spacial score (nSPS) is 16.8. The van der Waals surface area contributed by atoms with Gasteiger partial charge in [0.25, 0.3) is 0 Å². The second-order valence-corrected chi connectivity index (χ2v) is 10.2. The molecule has 9 heteroatoms. The fourth-order valence-electron chi connectivity index (χ4n) is 5.08. The van der Waals surface area contributed by atoms with Crippen LogP contribution in [0.15, 0.2) is 85.1 Å². The summed E-state index contributed by atoms with van der Waals surface area (Å²) >= 11 is 0. The summed E-state index contributed by atoms with van der Waals surface area (Å²) in [5.41, 5.74) is 5.46. The molecule has 3 aromatic carbocycles. The van der Waals surface area contributed by atoms with Crippen LogP contribution in [0.3, 0.4) is 0 Å². The number of anilines is 4. The highest BCUT2D eigenvalue weighted by Gasteiger charge is 2.22. The van der Waals surface area contributed by atoms with Crippen molar-refractivity contribution in [1.82, 2.24) is 15.3 Å². The SMILES string of the molecule is O=C(Nc1ccc(-c2ccnc(Nc3ccc(N4CCOCC4)c(OCc4ccccc4)c3)n2)cc1)C1CCCN1. The lowest BCUT2D eigenvalue weighted by atomic mass is 10.1. The van der Waals surface area contributed by atoms with Crippen molar-refractivity contribution in [2.24, 2.45) is 0 Å². The Kier molecular flexibility index (Phi) is 8.35. The van der Waals surface area contributed by atoms with E-state index >= 15 is 0 Å². The van der Waals surface area contributed by atoms with Crippen LogP contribution in [-0.4, -0.2) is 54.8 Å². The van der Waals surface area contributed by atoms with E-state index in [0.29, 0.717) is 25.8 Å². The van der Waals surface area contributed by atoms with Crippen LogP contribution in [0.5, 0.6) is 5.75 Å². The predicted molar refractivity (Wildman–Crippen MR) is 161 cm³/mol. The fourth-order valence-corrected chi connectivity index (χ4v) is 5.08. The molecule has 2 aliphatic heterocycles. The van der Waals surface area contributed by atoms with Crippen molar-refractivity contribution in [3.05, 3.63) is 90.6 Å². The van der Waals surface area contributed by atoms with Gasteiger partial charge in [-0.15, -0.1) is 0 Å². The molecule has 0 spiro atoms. The van der Waals surface area contributed by atoms with Gasteiger partial charge in [0.1, 0.15) is 12.4 Å². The Labute approximate surface area is 239 Å². The molecule has 0 saturated carbocycles. The summed E-state index contributed by atoms with van der Waals surface area (Å²) in [4.78, 5) is 23.9. The Balaban J connectivity index is 1.17. The third-order valence-corrected chi connectivity index (χ3v) is 7.29. The van der Waals surface area contributed by atoms with Gasteiger partial charge in [0.05, 0.1) is 30.6 Å². The lowest BCUT2D eigenvalue weighted by molar-refractivity contribution is -0.117. The summed E-state index contributed by atoms with van der Waals surface area (Å²) in [6.45, 7) is 4.40. The van der Waals surface area contributed by atoms with Gasteiger partial charge < -0.3 is 30.3 Å². The molecule has 1 aromatic heterocycles. The van der Waals surface area contributed by atoms with E-state index in [0.717, 1.165) is 72.1 Å². The molecular weight excluding hydrogens is 516 g/mol. The summed E-state index contributed by atoms with van der Waals surface area (Å²) in [5, 5.41) is 9.56. The number of ether oxygens (including phenoxy) is 2. The van der Waals surface area contributed by atoms with Gasteiger partial charge in [-0.1, -0.05) is 42.5 Å². The Morgan fingerprint density at radius 1 is 1.00 bits per heavy atom. The van der Waals surface area contributed by atoms with Crippen molar-refractivity contribution >= 4 is 28.9 Å². The lowest BCUT2D eigenvalue weighted by Crippen LogP contribution is -2.36. The molecule has 3 heterocycles. The maximum absolute atomic E-state index is 12.4. The second-order valence-electron chi connectivity index (χ2n) is 10.2. The smallest absolute Gasteiger partial charge is 0.241 e. The number of amides is 1. The molecule has 9 nitrogen and oxygen atoms in total. The van der Waals surface area contributed by atoms with E-state index in [2.05, 4.69) is 44.0 Å². The van der Waals surface area contributed by atoms with Gasteiger partial charge in [0.15, 0.2) is 0 Å². The molecule has 41 heavy (non-hydrogen) atoms. The van der Waals surface area contributed by atoms with Gasteiger partial charge >= 0.3 is 0 Å². The first-order valence-electron chi connectivity index (χ1n) is 14.1. The molecule has 1 atom stereocenters. The number of morpholine rings is 1. The van der Waals surface area contributed by atoms with Crippen LogP contribution in [0.2, 0.25) is 0 Å². The Bertz CT molecular complexity index is 1450. The third kappa shape index (κ3) is 6.82. The molecule has 1 unspecified atom stereocenters. The zero-order chi connectivity index (χ0) is 27.9. The first-order chi connectivity index (χ1) is 20.2. The van der Waals surface area contributed by atoms with Crippen LogP contribution in [0.25, 0.3) is 11.3 Å². The quantitative estimate of drug-likeness (QED) is 0.268. The van der Waals surface area contributed by atoms with Crippen LogP contribution in [0.4, 0.5) is 23.0 Å². The van der Waals surface area contributed by atoms with E-state index < -0.39 is 0 Å². The van der Waals surface area contributed by atoms with E-state index in [1.807, 2.05) is 60.7 Å². The van der Waals surface area contributed by atoms with Crippen molar-refractivity contribution in [2.45, 2.75) is 25.5 Å². The van der Waals surface area contributed by atoms with Gasteiger partial charge in [0.2, 0.25) is 11.9 Å². The van der Waals surface area contributed by atoms with Crippen LogP contribution in [0, 0.1) is 0 Å². The molecule has 2 fully saturated rings. The zero-order valence-corrected chi connectivity index (χ0v) is 22.9. The Hall–Kier alpha value is -4.47. The molecule has 0 bridgehead atoms. The van der Waals surface area contributed by atoms with Gasteiger partial charge in [-0.3, -0.25) is 4.79 Å². The largest absolute Gasteiger partial charge is 0.487 e. The fraction of sp³-hybridized carbons (Fsp3) is 0.281. The van der Waals surface area contributed by atoms with Crippen molar-refractivity contribution in [1.29, 1.82) is 0 Å². The van der Waals surface area contributed by atoms with Crippen molar-refractivity contribution in [3.8, 4) is 17.0 Å². The van der Waals surface area contributed by atoms with Crippen LogP contribution >= 0.6 is 0 Å². The summed E-state index contributed by atoms with van der Waals surface area (Å²) in [7, 11) is 0. The molecule has 2 saturated heterocycles. The summed E-state index contributed by atoms with van der Waals surface area (Å²) in [5.74, 6) is 1.29. The number of hydrogen-bond donors (Lipinski definition) is 3. The lowest BCUT2D eigenvalue weighted by Gasteiger charge is -2.30. The Morgan fingerprint density at radius 2 is 1.80 bits per heavy atom. The highest BCUT2D eigenvalue weighted by Crippen LogP contribution is 2.34. The number of carbonyl (C=O) groups is 1. The molecule has 2 aliphatic rings. The van der Waals surface area contributed by atoms with E-state index in [4.69, 9.17) is 14.5 Å².